The molecule has 1 heterocycles. The van der Waals surface area contributed by atoms with Gasteiger partial charge in [-0.15, -0.1) is 0 Å². The molecule has 0 aliphatic carbocycles. The number of amides is 2. The number of aromatic amines is 1. The number of carbonyl (C=O) groups excluding carboxylic acids is 1. The Morgan fingerprint density at radius 1 is 1.18 bits per heavy atom. The first-order valence-corrected chi connectivity index (χ1v) is 5.42. The van der Waals surface area contributed by atoms with Gasteiger partial charge in [0.25, 0.3) is 0 Å². The number of H-pyrrole nitrogens is 1. The predicted molar refractivity (Wildman–Crippen MR) is 67.7 cm³/mol. The van der Waals surface area contributed by atoms with Crippen molar-refractivity contribution in [2.75, 3.05) is 10.6 Å². The van der Waals surface area contributed by atoms with E-state index in [1.54, 1.807) is 24.3 Å². The first-order chi connectivity index (χ1) is 8.13. The lowest BCUT2D eigenvalue weighted by atomic mass is 10.3. The SMILES string of the molecule is O=C(Nc1cc(Cl)cc(Cl)c1)Nc1ccn[nH]1. The van der Waals surface area contributed by atoms with E-state index in [1.807, 2.05) is 0 Å². The molecule has 88 valence electrons. The van der Waals surface area contributed by atoms with E-state index >= 15 is 0 Å². The number of rotatable bonds is 2. The topological polar surface area (TPSA) is 69.8 Å². The average Bonchev–Trinajstić information content (AvgIpc) is 2.67. The van der Waals surface area contributed by atoms with Crippen molar-refractivity contribution in [3.05, 3.63) is 40.5 Å². The third-order valence-electron chi connectivity index (χ3n) is 1.87. The third kappa shape index (κ3) is 3.37. The van der Waals surface area contributed by atoms with E-state index < -0.39 is 6.03 Å². The van der Waals surface area contributed by atoms with Crippen molar-refractivity contribution >= 4 is 40.7 Å². The Kier molecular flexibility index (Phi) is 3.51. The van der Waals surface area contributed by atoms with Gasteiger partial charge in [0.05, 0.1) is 6.20 Å². The summed E-state index contributed by atoms with van der Waals surface area (Å²) in [6.45, 7) is 0. The van der Waals surface area contributed by atoms with E-state index in [0.29, 0.717) is 21.6 Å². The molecule has 0 saturated heterocycles. The second-order valence-electron chi connectivity index (χ2n) is 3.21. The first-order valence-electron chi connectivity index (χ1n) is 4.67. The van der Waals surface area contributed by atoms with Crippen LogP contribution in [0.2, 0.25) is 10.0 Å². The highest BCUT2D eigenvalue weighted by Crippen LogP contribution is 2.22. The lowest BCUT2D eigenvalue weighted by Gasteiger charge is -2.06. The van der Waals surface area contributed by atoms with E-state index in [2.05, 4.69) is 20.8 Å². The normalized spacial score (nSPS) is 10.0. The highest BCUT2D eigenvalue weighted by Gasteiger charge is 2.04. The maximum Gasteiger partial charge on any atom is 0.324 e. The zero-order chi connectivity index (χ0) is 12.3. The Labute approximate surface area is 107 Å². The number of nitrogens with zero attached hydrogens (tertiary/aromatic N) is 1. The summed E-state index contributed by atoms with van der Waals surface area (Å²) >= 11 is 11.6. The molecule has 0 saturated carbocycles. The smallest absolute Gasteiger partial charge is 0.308 e. The van der Waals surface area contributed by atoms with Crippen molar-refractivity contribution in [3.63, 3.8) is 0 Å². The maximum atomic E-state index is 11.5. The van der Waals surface area contributed by atoms with E-state index in [9.17, 15) is 4.79 Å². The largest absolute Gasteiger partial charge is 0.324 e. The van der Waals surface area contributed by atoms with Crippen LogP contribution in [-0.4, -0.2) is 16.2 Å². The summed E-state index contributed by atoms with van der Waals surface area (Å²) in [5.41, 5.74) is 0.513. The van der Waals surface area contributed by atoms with E-state index in [1.165, 1.54) is 6.20 Å². The molecule has 0 atom stereocenters. The second-order valence-corrected chi connectivity index (χ2v) is 4.08. The molecule has 2 amide bonds. The van der Waals surface area contributed by atoms with E-state index in [4.69, 9.17) is 23.2 Å². The Balaban J connectivity index is 2.03. The van der Waals surface area contributed by atoms with Crippen LogP contribution in [0.5, 0.6) is 0 Å². The number of halogens is 2. The molecule has 5 nitrogen and oxygen atoms in total. The minimum Gasteiger partial charge on any atom is -0.308 e. The molecule has 0 unspecified atom stereocenters. The molecule has 2 aromatic rings. The number of carbonyl (C=O) groups is 1. The number of anilines is 2. The molecule has 7 heteroatoms. The van der Waals surface area contributed by atoms with Crippen LogP contribution in [0.25, 0.3) is 0 Å². The summed E-state index contributed by atoms with van der Waals surface area (Å²) in [5, 5.41) is 12.4. The van der Waals surface area contributed by atoms with Gasteiger partial charge in [-0.05, 0) is 18.2 Å². The number of hydrogen-bond acceptors (Lipinski definition) is 2. The monoisotopic (exact) mass is 270 g/mol. The number of benzene rings is 1. The van der Waals surface area contributed by atoms with Crippen LogP contribution in [-0.2, 0) is 0 Å². The zero-order valence-electron chi connectivity index (χ0n) is 8.50. The molecular weight excluding hydrogens is 263 g/mol. The Morgan fingerprint density at radius 3 is 2.47 bits per heavy atom. The van der Waals surface area contributed by atoms with Crippen LogP contribution in [0.4, 0.5) is 16.3 Å². The minimum absolute atomic E-state index is 0.410. The fourth-order valence-corrected chi connectivity index (χ4v) is 1.76. The highest BCUT2D eigenvalue weighted by molar-refractivity contribution is 6.35. The molecule has 1 aromatic heterocycles. The third-order valence-corrected chi connectivity index (χ3v) is 2.31. The highest BCUT2D eigenvalue weighted by atomic mass is 35.5. The number of hydrogen-bond donors (Lipinski definition) is 3. The van der Waals surface area contributed by atoms with Crippen LogP contribution in [0, 0.1) is 0 Å². The first kappa shape index (κ1) is 11.8. The van der Waals surface area contributed by atoms with Gasteiger partial charge in [-0.3, -0.25) is 10.4 Å². The van der Waals surface area contributed by atoms with Crippen molar-refractivity contribution in [1.82, 2.24) is 10.2 Å². The van der Waals surface area contributed by atoms with Crippen LogP contribution < -0.4 is 10.6 Å². The summed E-state index contributed by atoms with van der Waals surface area (Å²) in [4.78, 5) is 11.5. The van der Waals surface area contributed by atoms with E-state index in [-0.39, 0.29) is 0 Å². The van der Waals surface area contributed by atoms with Crippen molar-refractivity contribution in [2.24, 2.45) is 0 Å². The molecular formula is C10H8Cl2N4O. The summed E-state index contributed by atoms with van der Waals surface area (Å²) < 4.78 is 0. The van der Waals surface area contributed by atoms with Crippen molar-refractivity contribution in [2.45, 2.75) is 0 Å². The van der Waals surface area contributed by atoms with Gasteiger partial charge in [0, 0.05) is 21.8 Å². The van der Waals surface area contributed by atoms with Crippen LogP contribution in [0.15, 0.2) is 30.5 Å². The molecule has 17 heavy (non-hydrogen) atoms. The summed E-state index contributed by atoms with van der Waals surface area (Å²) in [5.74, 6) is 0.496. The Morgan fingerprint density at radius 2 is 1.88 bits per heavy atom. The second kappa shape index (κ2) is 5.07. The summed E-state index contributed by atoms with van der Waals surface area (Å²) in [6, 6.07) is 6.00. The fourth-order valence-electron chi connectivity index (χ4n) is 1.24. The Bertz CT molecular complexity index is 507. The molecule has 0 radical (unpaired) electrons. The lowest BCUT2D eigenvalue weighted by molar-refractivity contribution is 0.262. The Hall–Kier alpha value is -1.72. The fraction of sp³-hybridized carbons (Fsp3) is 0. The van der Waals surface area contributed by atoms with Gasteiger partial charge in [-0.25, -0.2) is 4.79 Å². The zero-order valence-corrected chi connectivity index (χ0v) is 10.0. The van der Waals surface area contributed by atoms with Crippen molar-refractivity contribution in [1.29, 1.82) is 0 Å². The van der Waals surface area contributed by atoms with Crippen LogP contribution in [0.1, 0.15) is 0 Å². The summed E-state index contributed by atoms with van der Waals surface area (Å²) in [6.07, 6.45) is 1.53. The average molecular weight is 271 g/mol. The number of aromatic nitrogens is 2. The van der Waals surface area contributed by atoms with Gasteiger partial charge in [0.15, 0.2) is 0 Å². The molecule has 2 rings (SSSR count). The number of urea groups is 1. The molecule has 0 spiro atoms. The molecule has 3 N–H and O–H groups in total. The van der Waals surface area contributed by atoms with E-state index in [0.717, 1.165) is 0 Å². The lowest BCUT2D eigenvalue weighted by Crippen LogP contribution is -2.19. The predicted octanol–water partition coefficient (Wildman–Crippen LogP) is 3.36. The van der Waals surface area contributed by atoms with Gasteiger partial charge in [-0.2, -0.15) is 5.10 Å². The maximum absolute atomic E-state index is 11.5. The number of nitrogens with one attached hydrogen (secondary N) is 3. The van der Waals surface area contributed by atoms with Gasteiger partial charge in [0.2, 0.25) is 0 Å². The van der Waals surface area contributed by atoms with Crippen molar-refractivity contribution in [3.8, 4) is 0 Å². The molecule has 0 aliphatic rings. The molecule has 0 bridgehead atoms. The molecule has 1 aromatic carbocycles. The van der Waals surface area contributed by atoms with Gasteiger partial charge >= 0.3 is 6.03 Å². The minimum atomic E-state index is -0.410. The van der Waals surface area contributed by atoms with Crippen LogP contribution >= 0.6 is 23.2 Å². The van der Waals surface area contributed by atoms with Crippen LogP contribution in [0.3, 0.4) is 0 Å². The van der Waals surface area contributed by atoms with Gasteiger partial charge in [-0.1, -0.05) is 23.2 Å². The van der Waals surface area contributed by atoms with Crippen molar-refractivity contribution < 1.29 is 4.79 Å². The van der Waals surface area contributed by atoms with Gasteiger partial charge in [0.1, 0.15) is 5.82 Å². The molecule has 0 aliphatic heterocycles. The molecule has 0 fully saturated rings. The quantitative estimate of drug-likeness (QED) is 0.783. The van der Waals surface area contributed by atoms with Gasteiger partial charge < -0.3 is 5.32 Å². The standard InChI is InChI=1S/C10H8Cl2N4O/c11-6-3-7(12)5-8(4-6)14-10(17)15-9-1-2-13-16-9/h1-5H,(H3,13,14,15,16,17). The summed E-state index contributed by atoms with van der Waals surface area (Å²) in [7, 11) is 0.